The van der Waals surface area contributed by atoms with Crippen LogP contribution in [0, 0.1) is 6.92 Å². The Morgan fingerprint density at radius 3 is 2.61 bits per heavy atom. The van der Waals surface area contributed by atoms with E-state index in [0.29, 0.717) is 39.6 Å². The Morgan fingerprint density at radius 1 is 1.14 bits per heavy atom. The molecule has 3 aromatic rings. The summed E-state index contributed by atoms with van der Waals surface area (Å²) in [5.41, 5.74) is 3.10. The molecule has 8 heteroatoms. The van der Waals surface area contributed by atoms with Gasteiger partial charge in [0.25, 0.3) is 11.7 Å². The van der Waals surface area contributed by atoms with Gasteiger partial charge in [0.15, 0.2) is 11.5 Å². The van der Waals surface area contributed by atoms with E-state index < -0.39 is 17.7 Å². The monoisotopic (exact) mass is 486 g/mol. The molecule has 0 aliphatic carbocycles. The maximum atomic E-state index is 13.5. The van der Waals surface area contributed by atoms with Crippen LogP contribution >= 0.6 is 0 Å². The number of pyridine rings is 1. The minimum atomic E-state index is -0.886. The number of ether oxygens (including phenoxy) is 3. The van der Waals surface area contributed by atoms with Crippen LogP contribution in [0.1, 0.15) is 48.1 Å². The number of benzene rings is 2. The van der Waals surface area contributed by atoms with Gasteiger partial charge in [-0.15, -0.1) is 0 Å². The molecule has 184 valence electrons. The molecular weight excluding hydrogens is 460 g/mol. The van der Waals surface area contributed by atoms with E-state index in [1.54, 1.807) is 49.8 Å². The van der Waals surface area contributed by atoms with Crippen molar-refractivity contribution in [2.75, 3.05) is 18.8 Å². The Labute approximate surface area is 208 Å². The molecule has 0 radical (unpaired) electrons. The lowest BCUT2D eigenvalue weighted by molar-refractivity contribution is -0.132. The number of aliphatic hydroxyl groups is 1. The number of aliphatic hydroxyl groups excluding tert-OH is 1. The molecule has 2 aliphatic heterocycles. The Balaban J connectivity index is 1.72. The van der Waals surface area contributed by atoms with E-state index in [0.717, 1.165) is 5.56 Å². The second-order valence-electron chi connectivity index (χ2n) is 9.06. The van der Waals surface area contributed by atoms with Crippen molar-refractivity contribution in [1.29, 1.82) is 0 Å². The molecule has 0 bridgehead atoms. The number of rotatable bonds is 5. The van der Waals surface area contributed by atoms with Crippen LogP contribution in [0.3, 0.4) is 0 Å². The number of Topliss-reactive ketones (excluding diaryl/α,β-unsaturated/α-hetero) is 1. The molecule has 1 atom stereocenters. The van der Waals surface area contributed by atoms with E-state index in [2.05, 4.69) is 4.98 Å². The highest BCUT2D eigenvalue weighted by Gasteiger charge is 2.47. The average Bonchev–Trinajstić information content (AvgIpc) is 3.45. The first-order valence-corrected chi connectivity index (χ1v) is 11.6. The highest BCUT2D eigenvalue weighted by atomic mass is 16.7. The zero-order valence-corrected chi connectivity index (χ0v) is 20.4. The van der Waals surface area contributed by atoms with Gasteiger partial charge in [0.05, 0.1) is 18.7 Å². The Bertz CT molecular complexity index is 1400. The summed E-state index contributed by atoms with van der Waals surface area (Å²) in [5, 5.41) is 11.6. The van der Waals surface area contributed by atoms with Crippen LogP contribution in [-0.4, -0.2) is 35.7 Å². The number of hydrogen-bond acceptors (Lipinski definition) is 7. The third-order valence-corrected chi connectivity index (χ3v) is 6.53. The van der Waals surface area contributed by atoms with Gasteiger partial charge in [0.1, 0.15) is 11.5 Å². The Morgan fingerprint density at radius 2 is 1.92 bits per heavy atom. The van der Waals surface area contributed by atoms with E-state index in [1.165, 1.54) is 4.90 Å². The molecule has 5 rings (SSSR count). The number of hydrogen-bond donors (Lipinski definition) is 1. The number of amides is 1. The van der Waals surface area contributed by atoms with Gasteiger partial charge in [-0.1, -0.05) is 19.9 Å². The smallest absolute Gasteiger partial charge is 0.300 e. The van der Waals surface area contributed by atoms with Gasteiger partial charge in [-0.2, -0.15) is 0 Å². The molecule has 0 saturated carbocycles. The van der Waals surface area contributed by atoms with Gasteiger partial charge in [0, 0.05) is 29.7 Å². The van der Waals surface area contributed by atoms with Gasteiger partial charge in [0.2, 0.25) is 6.79 Å². The van der Waals surface area contributed by atoms with Crippen LogP contribution in [0.4, 0.5) is 5.69 Å². The van der Waals surface area contributed by atoms with Gasteiger partial charge < -0.3 is 19.3 Å². The van der Waals surface area contributed by atoms with Crippen molar-refractivity contribution in [2.45, 2.75) is 32.7 Å². The third-order valence-electron chi connectivity index (χ3n) is 6.53. The molecule has 1 unspecified atom stereocenters. The standard InChI is InChI=1S/C28H26N2O6/c1-15(2)19-12-20(16(3)10-22(19)34-4)26(31)24-25(17-6-5-9-29-13-17)30(28(33)27(24)32)18-7-8-21-23(11-18)36-14-35-21/h5-13,15,25,31H,14H2,1-4H3/b26-24+. The maximum Gasteiger partial charge on any atom is 0.300 e. The largest absolute Gasteiger partial charge is 0.507 e. The number of carbonyl (C=O) groups is 2. The molecular formula is C28H26N2O6. The molecule has 1 saturated heterocycles. The van der Waals surface area contributed by atoms with E-state index in [1.807, 2.05) is 32.9 Å². The maximum absolute atomic E-state index is 13.5. The summed E-state index contributed by atoms with van der Waals surface area (Å²) < 4.78 is 16.4. The van der Waals surface area contributed by atoms with E-state index in [4.69, 9.17) is 14.2 Å². The summed E-state index contributed by atoms with van der Waals surface area (Å²) in [7, 11) is 1.60. The highest BCUT2D eigenvalue weighted by molar-refractivity contribution is 6.51. The van der Waals surface area contributed by atoms with Crippen LogP contribution in [-0.2, 0) is 9.59 Å². The summed E-state index contributed by atoms with van der Waals surface area (Å²) in [5.74, 6) is 0.0727. The van der Waals surface area contributed by atoms with Gasteiger partial charge in [-0.05, 0) is 59.9 Å². The fraction of sp³-hybridized carbons (Fsp3) is 0.250. The average molecular weight is 487 g/mol. The molecule has 1 fully saturated rings. The quantitative estimate of drug-likeness (QED) is 0.312. The number of ketones is 1. The number of nitrogens with zero attached hydrogens (tertiary/aromatic N) is 2. The number of aromatic nitrogens is 1. The van der Waals surface area contributed by atoms with Crippen LogP contribution in [0.2, 0.25) is 0 Å². The van der Waals surface area contributed by atoms with E-state index >= 15 is 0 Å². The van der Waals surface area contributed by atoms with E-state index in [9.17, 15) is 14.7 Å². The first-order chi connectivity index (χ1) is 17.3. The minimum absolute atomic E-state index is 0.00589. The van der Waals surface area contributed by atoms with Crippen molar-refractivity contribution in [3.05, 3.63) is 82.7 Å². The SMILES string of the molecule is COc1cc(C)c(/C(O)=C2\C(=O)C(=O)N(c3ccc4c(c3)OCO4)C2c2cccnc2)cc1C(C)C. The molecule has 0 spiro atoms. The number of anilines is 1. The summed E-state index contributed by atoms with van der Waals surface area (Å²) in [6, 6.07) is 11.3. The summed E-state index contributed by atoms with van der Waals surface area (Å²) in [6.45, 7) is 5.95. The lowest BCUT2D eigenvalue weighted by Crippen LogP contribution is -2.29. The molecule has 2 aliphatic rings. The number of methoxy groups -OCH3 is 1. The zero-order chi connectivity index (χ0) is 25.6. The lowest BCUT2D eigenvalue weighted by Gasteiger charge is -2.25. The fourth-order valence-corrected chi connectivity index (χ4v) is 4.71. The number of carbonyl (C=O) groups excluding carboxylic acids is 2. The third kappa shape index (κ3) is 3.75. The normalized spacial score (nSPS) is 18.2. The second-order valence-corrected chi connectivity index (χ2v) is 9.06. The zero-order valence-electron chi connectivity index (χ0n) is 20.4. The molecule has 8 nitrogen and oxygen atoms in total. The van der Waals surface area contributed by atoms with Gasteiger partial charge >= 0.3 is 0 Å². The topological polar surface area (TPSA) is 98.2 Å². The molecule has 1 N–H and O–H groups in total. The first-order valence-electron chi connectivity index (χ1n) is 11.6. The minimum Gasteiger partial charge on any atom is -0.507 e. The van der Waals surface area contributed by atoms with Crippen LogP contribution in [0.25, 0.3) is 5.76 Å². The Hall–Kier alpha value is -4.33. The van der Waals surface area contributed by atoms with Crippen molar-refractivity contribution in [3.8, 4) is 17.2 Å². The highest BCUT2D eigenvalue weighted by Crippen LogP contribution is 2.45. The Kier molecular flexibility index (Phi) is 5.88. The van der Waals surface area contributed by atoms with Crippen molar-refractivity contribution in [3.63, 3.8) is 0 Å². The van der Waals surface area contributed by atoms with Crippen molar-refractivity contribution < 1.29 is 28.9 Å². The summed E-state index contributed by atoms with van der Waals surface area (Å²) in [4.78, 5) is 32.4. The number of fused-ring (bicyclic) bond motifs is 1. The lowest BCUT2D eigenvalue weighted by atomic mass is 9.91. The second kappa shape index (κ2) is 9.03. The van der Waals surface area contributed by atoms with Gasteiger partial charge in [-0.25, -0.2) is 0 Å². The van der Waals surface area contributed by atoms with Crippen LogP contribution in [0.15, 0.2) is 60.4 Å². The predicted octanol–water partition coefficient (Wildman–Crippen LogP) is 4.88. The summed E-state index contributed by atoms with van der Waals surface area (Å²) in [6.07, 6.45) is 3.20. The predicted molar refractivity (Wildman–Crippen MR) is 133 cm³/mol. The fourth-order valence-electron chi connectivity index (χ4n) is 4.71. The van der Waals surface area contributed by atoms with E-state index in [-0.39, 0.29) is 24.0 Å². The van der Waals surface area contributed by atoms with Crippen molar-refractivity contribution in [1.82, 2.24) is 4.98 Å². The molecule has 1 aromatic heterocycles. The molecule has 36 heavy (non-hydrogen) atoms. The summed E-state index contributed by atoms with van der Waals surface area (Å²) >= 11 is 0. The van der Waals surface area contributed by atoms with Crippen LogP contribution in [0.5, 0.6) is 17.2 Å². The molecule has 1 amide bonds. The van der Waals surface area contributed by atoms with Crippen molar-refractivity contribution >= 4 is 23.1 Å². The molecule has 3 heterocycles. The van der Waals surface area contributed by atoms with Gasteiger partial charge in [-0.3, -0.25) is 19.5 Å². The van der Waals surface area contributed by atoms with Crippen LogP contribution < -0.4 is 19.1 Å². The first kappa shape index (κ1) is 23.4. The van der Waals surface area contributed by atoms with Crippen molar-refractivity contribution in [2.24, 2.45) is 0 Å². The number of aryl methyl sites for hydroxylation is 1. The molecule has 2 aromatic carbocycles.